The molecule has 4 heterocycles. The molecule has 0 spiro atoms. The summed E-state index contributed by atoms with van der Waals surface area (Å²) in [6, 6.07) is 66.1. The summed E-state index contributed by atoms with van der Waals surface area (Å²) in [5.74, 6) is 0. The fourth-order valence-electron chi connectivity index (χ4n) is 10.4. The van der Waals surface area contributed by atoms with Gasteiger partial charge in [0.05, 0.1) is 40.9 Å². The number of halogens is 1. The zero-order valence-electron chi connectivity index (χ0n) is 36.4. The van der Waals surface area contributed by atoms with Gasteiger partial charge in [-0.15, -0.1) is 0 Å². The molecule has 0 bridgehead atoms. The van der Waals surface area contributed by atoms with Crippen molar-refractivity contribution in [3.63, 3.8) is 0 Å². The van der Waals surface area contributed by atoms with E-state index < -0.39 is 5.54 Å². The number of benzene rings is 6. The number of imidazole rings is 2. The Morgan fingerprint density at radius 1 is 0.547 bits per heavy atom. The number of aromatic nitrogens is 4. The fourth-order valence-corrected chi connectivity index (χ4v) is 10.9. The molecule has 2 aliphatic heterocycles. The number of aromatic amines is 2. The van der Waals surface area contributed by atoms with Crippen molar-refractivity contribution in [2.75, 3.05) is 13.1 Å². The molecular weight excluding hydrogens is 869 g/mol. The topological polar surface area (TPSA) is 76.2 Å². The summed E-state index contributed by atoms with van der Waals surface area (Å²) in [5, 5.41) is 0. The molecule has 2 saturated heterocycles. The minimum atomic E-state index is -0.400. The van der Waals surface area contributed by atoms with E-state index in [4.69, 9.17) is 9.97 Å². The number of nitrogens with zero attached hydrogens (tertiary/aromatic N) is 5. The molecule has 2 aliphatic rings. The van der Waals surface area contributed by atoms with Gasteiger partial charge in [-0.05, 0) is 88.8 Å². The van der Waals surface area contributed by atoms with E-state index in [9.17, 15) is 0 Å². The second kappa shape index (κ2) is 20.9. The number of nitrogens with one attached hydrogen (secondary N) is 2. The summed E-state index contributed by atoms with van der Waals surface area (Å²) in [6.07, 6.45) is 6.33. The van der Waals surface area contributed by atoms with Crippen LogP contribution in [-0.4, -0.2) is 50.5 Å². The zero-order chi connectivity index (χ0) is 44.4. The molecule has 0 aliphatic carbocycles. The van der Waals surface area contributed by atoms with Crippen LogP contribution < -0.4 is 0 Å². The predicted molar refractivity (Wildman–Crippen MR) is 267 cm³/mol. The van der Waals surface area contributed by atoms with Crippen molar-refractivity contribution in [2.45, 2.75) is 62.7 Å². The SMILES string of the molecule is Cc1[nH]c(Br)nc1[C@@H]1CCCN1C(c1ccccc1)(c1ccccc1)c1ccccc1.Cc1[nH]cnc1[C@@H]1CCCN1C(c1ccccc1)(c1ccccc1)c1ccccc1.[B]=NS. The second-order valence-corrected chi connectivity index (χ2v) is 17.4. The van der Waals surface area contributed by atoms with E-state index in [2.05, 4.69) is 256 Å². The van der Waals surface area contributed by atoms with Crippen molar-refractivity contribution in [3.05, 3.63) is 249 Å². The average Bonchev–Trinajstić information content (AvgIpc) is 4.18. The normalized spacial score (nSPS) is 16.6. The first-order valence-corrected chi connectivity index (χ1v) is 23.3. The van der Waals surface area contributed by atoms with Crippen LogP contribution in [0.3, 0.4) is 0 Å². The molecule has 0 saturated carbocycles. The first-order valence-electron chi connectivity index (χ1n) is 22.1. The molecule has 2 fully saturated rings. The number of rotatable bonds is 10. The average molecular weight is 924 g/mol. The predicted octanol–water partition coefficient (Wildman–Crippen LogP) is 12.6. The molecular formula is C54H54BBrN7S. The van der Waals surface area contributed by atoms with Gasteiger partial charge in [0.15, 0.2) is 4.73 Å². The Bertz CT molecular complexity index is 2470. The fraction of sp³-hybridized carbons (Fsp3) is 0.222. The van der Waals surface area contributed by atoms with Crippen LogP contribution in [0.5, 0.6) is 0 Å². The van der Waals surface area contributed by atoms with Gasteiger partial charge in [-0.1, -0.05) is 182 Å². The Labute approximate surface area is 393 Å². The van der Waals surface area contributed by atoms with Crippen molar-refractivity contribution in [1.29, 1.82) is 0 Å². The quantitative estimate of drug-likeness (QED) is 0.0726. The monoisotopic (exact) mass is 922 g/mol. The van der Waals surface area contributed by atoms with Crippen LogP contribution >= 0.6 is 28.7 Å². The standard InChI is InChI=1S/C27H26BrN3.C27H27N3.BHNS/c1-20-25(30-26(28)29-20)24-18-11-19-31(24)27(21-12-5-2-6-13-21,22-14-7-3-8-15-22)23-16-9-4-10-17-23;1-21-26(29-20-28-21)25-18-11-19-30(25)27(22-12-5-2-6-13-22,23-14-7-3-8-15-23)24-16-9-4-10-17-24;1-2-3/h2-10,12-17,24H,11,18-19H2,1H3,(H,29,30);2-10,12-17,20,25H,11,18-19H2,1H3,(H,28,29);3H/t24-;25-;/m00./s1. The molecule has 0 unspecified atom stereocenters. The van der Waals surface area contributed by atoms with Crippen molar-refractivity contribution < 1.29 is 0 Å². The van der Waals surface area contributed by atoms with Gasteiger partial charge < -0.3 is 9.97 Å². The molecule has 321 valence electrons. The molecule has 8 aromatic rings. The molecule has 6 aromatic carbocycles. The number of hydrogen-bond donors (Lipinski definition) is 3. The Morgan fingerprint density at radius 3 is 1.12 bits per heavy atom. The zero-order valence-corrected chi connectivity index (χ0v) is 38.9. The van der Waals surface area contributed by atoms with Crippen molar-refractivity contribution in [3.8, 4) is 0 Å². The van der Waals surface area contributed by atoms with Gasteiger partial charge in [-0.2, -0.15) is 0 Å². The van der Waals surface area contributed by atoms with Crippen LogP contribution in [0.4, 0.5) is 0 Å². The number of H-pyrrole nitrogens is 2. The molecule has 64 heavy (non-hydrogen) atoms. The van der Waals surface area contributed by atoms with Gasteiger partial charge in [-0.25, -0.2) is 9.97 Å². The van der Waals surface area contributed by atoms with Gasteiger partial charge in [-0.3, -0.25) is 9.80 Å². The van der Waals surface area contributed by atoms with Gasteiger partial charge >= 0.3 is 24.8 Å². The first-order chi connectivity index (χ1) is 31.4. The summed E-state index contributed by atoms with van der Waals surface area (Å²) in [6.45, 7) is 6.29. The molecule has 2 atom stereocenters. The van der Waals surface area contributed by atoms with Crippen molar-refractivity contribution in [1.82, 2.24) is 29.7 Å². The van der Waals surface area contributed by atoms with E-state index >= 15 is 0 Å². The minimum absolute atomic E-state index is 0.225. The van der Waals surface area contributed by atoms with Gasteiger partial charge in [0, 0.05) is 24.5 Å². The Balaban J connectivity index is 0.000000165. The van der Waals surface area contributed by atoms with E-state index in [1.165, 1.54) is 39.1 Å². The van der Waals surface area contributed by atoms with Crippen LogP contribution in [0.2, 0.25) is 0 Å². The van der Waals surface area contributed by atoms with Crippen LogP contribution in [0, 0.1) is 13.8 Å². The van der Waals surface area contributed by atoms with Crippen LogP contribution in [-0.2, 0) is 11.1 Å². The third-order valence-corrected chi connectivity index (χ3v) is 13.3. The second-order valence-electron chi connectivity index (χ2n) is 16.4. The number of thiol groups is 1. The molecule has 10 heteroatoms. The third kappa shape index (κ3) is 8.77. The van der Waals surface area contributed by atoms with Gasteiger partial charge in [0.25, 0.3) is 0 Å². The van der Waals surface area contributed by atoms with Crippen LogP contribution in [0.25, 0.3) is 0 Å². The maximum atomic E-state index is 4.86. The van der Waals surface area contributed by atoms with E-state index in [-0.39, 0.29) is 17.6 Å². The number of likely N-dealkylation sites (tertiary alicyclic amines) is 2. The maximum absolute atomic E-state index is 4.86. The Kier molecular flexibility index (Phi) is 14.7. The Hall–Kier alpha value is -5.65. The van der Waals surface area contributed by atoms with E-state index in [0.29, 0.717) is 0 Å². The molecule has 0 amide bonds. The van der Waals surface area contributed by atoms with Crippen molar-refractivity contribution in [2.24, 2.45) is 4.30 Å². The third-order valence-electron chi connectivity index (χ3n) is 12.9. The Morgan fingerprint density at radius 2 is 0.859 bits per heavy atom. The van der Waals surface area contributed by atoms with E-state index in [0.717, 1.165) is 60.6 Å². The first kappa shape index (κ1) is 44.9. The molecule has 10 rings (SSSR count). The summed E-state index contributed by atoms with van der Waals surface area (Å²) in [4.78, 5) is 21.6. The summed E-state index contributed by atoms with van der Waals surface area (Å²) in [7, 11) is 4.34. The number of hydrogen-bond acceptors (Lipinski definition) is 6. The van der Waals surface area contributed by atoms with E-state index in [1.54, 1.807) is 0 Å². The van der Waals surface area contributed by atoms with Gasteiger partial charge in [0.1, 0.15) is 0 Å². The van der Waals surface area contributed by atoms with Crippen LogP contribution in [0.15, 0.2) is 197 Å². The number of aryl methyl sites for hydroxylation is 2. The molecule has 1 radical (unpaired) electrons. The van der Waals surface area contributed by atoms with Crippen molar-refractivity contribution >= 4 is 36.4 Å². The van der Waals surface area contributed by atoms with Crippen LogP contribution in [0.1, 0.15) is 93.9 Å². The van der Waals surface area contributed by atoms with Gasteiger partial charge in [0.2, 0.25) is 0 Å². The summed E-state index contributed by atoms with van der Waals surface area (Å²) >= 11 is 6.74. The van der Waals surface area contributed by atoms with E-state index in [1.807, 2.05) is 6.33 Å². The molecule has 2 N–H and O–H groups in total. The summed E-state index contributed by atoms with van der Waals surface area (Å²) in [5.41, 5.74) is 11.6. The molecule has 7 nitrogen and oxygen atoms in total. The summed E-state index contributed by atoms with van der Waals surface area (Å²) < 4.78 is 3.50. The molecule has 2 aromatic heterocycles.